The van der Waals surface area contributed by atoms with Crippen LogP contribution in [0.25, 0.3) is 0 Å². The number of aryl methyl sites for hydroxylation is 2. The smallest absolute Gasteiger partial charge is 0.243 e. The van der Waals surface area contributed by atoms with Gasteiger partial charge in [-0.2, -0.15) is 4.31 Å². The molecule has 1 fully saturated rings. The third kappa shape index (κ3) is 4.96. The van der Waals surface area contributed by atoms with Crippen molar-refractivity contribution >= 4 is 26.0 Å². The highest BCUT2D eigenvalue weighted by atomic mass is 79.9. The monoisotopic (exact) mass is 451 g/mol. The van der Waals surface area contributed by atoms with Crippen LogP contribution < -0.4 is 0 Å². The Bertz CT molecular complexity index is 902. The van der Waals surface area contributed by atoms with Crippen molar-refractivity contribution in [1.29, 1.82) is 0 Å². The van der Waals surface area contributed by atoms with Crippen LogP contribution in [0.3, 0.4) is 0 Å². The van der Waals surface area contributed by atoms with Gasteiger partial charge >= 0.3 is 0 Å². The minimum absolute atomic E-state index is 0.432. The van der Waals surface area contributed by atoms with Gasteiger partial charge in [-0.25, -0.2) is 8.42 Å². The summed E-state index contributed by atoms with van der Waals surface area (Å²) in [5, 5.41) is 0. The minimum atomic E-state index is -3.48. The van der Waals surface area contributed by atoms with Crippen molar-refractivity contribution in [1.82, 2.24) is 14.2 Å². The molecule has 5 nitrogen and oxygen atoms in total. The van der Waals surface area contributed by atoms with E-state index in [0.717, 1.165) is 40.9 Å². The number of hydrogen-bond donors (Lipinski definition) is 0. The second-order valence-electron chi connectivity index (χ2n) is 6.91. The molecule has 3 rings (SSSR count). The van der Waals surface area contributed by atoms with Gasteiger partial charge in [0.1, 0.15) is 0 Å². The second kappa shape index (κ2) is 8.82. The van der Waals surface area contributed by atoms with Crippen LogP contribution >= 0.6 is 15.9 Å². The summed E-state index contributed by atoms with van der Waals surface area (Å²) in [6.07, 6.45) is 1.51. The molecule has 1 saturated heterocycles. The first-order valence-electron chi connectivity index (χ1n) is 9.33. The fraction of sp³-hybridized carbons (Fsp3) is 0.450. The molecule has 0 saturated carbocycles. The zero-order valence-electron chi connectivity index (χ0n) is 15.9. The van der Waals surface area contributed by atoms with Crippen LogP contribution in [-0.2, 0) is 23.0 Å². The Morgan fingerprint density at radius 2 is 1.93 bits per heavy atom. The molecular weight excluding hydrogens is 426 g/mol. The van der Waals surface area contributed by atoms with Gasteiger partial charge in [-0.05, 0) is 62.2 Å². The Hall–Kier alpha value is -1.28. The highest BCUT2D eigenvalue weighted by Crippen LogP contribution is 2.25. The predicted molar refractivity (Wildman–Crippen MR) is 111 cm³/mol. The Morgan fingerprint density at radius 1 is 1.11 bits per heavy atom. The first-order chi connectivity index (χ1) is 12.9. The molecule has 2 heterocycles. The minimum Gasteiger partial charge on any atom is -0.296 e. The maximum atomic E-state index is 13.2. The summed E-state index contributed by atoms with van der Waals surface area (Å²) >= 11 is 3.44. The maximum Gasteiger partial charge on any atom is 0.243 e. The summed E-state index contributed by atoms with van der Waals surface area (Å²) < 4.78 is 29.0. The first kappa shape index (κ1) is 20.5. The molecule has 1 aromatic heterocycles. The molecule has 7 heteroatoms. The SMILES string of the molecule is CCc1cc(Br)ccc1S(=O)(=O)N1CCCN(Cc2cccc(C)n2)CC1. The lowest BCUT2D eigenvalue weighted by Crippen LogP contribution is -2.35. The molecule has 0 bridgehead atoms. The van der Waals surface area contributed by atoms with Crippen molar-refractivity contribution in [3.05, 3.63) is 57.8 Å². The average Bonchev–Trinajstić information content (AvgIpc) is 2.87. The van der Waals surface area contributed by atoms with E-state index in [9.17, 15) is 8.42 Å². The molecule has 146 valence electrons. The predicted octanol–water partition coefficient (Wildman–Crippen LogP) is 3.61. The molecule has 0 atom stereocenters. The molecule has 0 unspecified atom stereocenters. The molecule has 1 aliphatic rings. The van der Waals surface area contributed by atoms with E-state index >= 15 is 0 Å². The fourth-order valence-electron chi connectivity index (χ4n) is 3.48. The van der Waals surface area contributed by atoms with Crippen LogP contribution in [0, 0.1) is 6.92 Å². The van der Waals surface area contributed by atoms with Gasteiger partial charge in [0.25, 0.3) is 0 Å². The molecule has 0 aliphatic carbocycles. The molecule has 0 radical (unpaired) electrons. The van der Waals surface area contributed by atoms with Crippen molar-refractivity contribution in [2.45, 2.75) is 38.1 Å². The molecule has 27 heavy (non-hydrogen) atoms. The lowest BCUT2D eigenvalue weighted by atomic mass is 10.2. The van der Waals surface area contributed by atoms with E-state index < -0.39 is 10.0 Å². The third-order valence-electron chi connectivity index (χ3n) is 4.90. The summed E-state index contributed by atoms with van der Waals surface area (Å²) in [7, 11) is -3.48. The van der Waals surface area contributed by atoms with Gasteiger partial charge in [-0.1, -0.05) is 28.9 Å². The Labute approximate surface area is 170 Å². The van der Waals surface area contributed by atoms with Gasteiger partial charge < -0.3 is 0 Å². The average molecular weight is 452 g/mol. The molecule has 0 amide bonds. The summed E-state index contributed by atoms with van der Waals surface area (Å²) in [5.74, 6) is 0. The topological polar surface area (TPSA) is 53.5 Å². The van der Waals surface area contributed by atoms with Crippen LogP contribution in [0.5, 0.6) is 0 Å². The first-order valence-corrected chi connectivity index (χ1v) is 11.6. The normalized spacial score (nSPS) is 17.0. The van der Waals surface area contributed by atoms with Crippen molar-refractivity contribution in [2.24, 2.45) is 0 Å². The molecular formula is C20H26BrN3O2S. The number of aromatic nitrogens is 1. The fourth-order valence-corrected chi connectivity index (χ4v) is 5.63. The number of pyridine rings is 1. The highest BCUT2D eigenvalue weighted by Gasteiger charge is 2.28. The Balaban J connectivity index is 1.73. The number of benzene rings is 1. The Morgan fingerprint density at radius 3 is 2.67 bits per heavy atom. The summed E-state index contributed by atoms with van der Waals surface area (Å²) in [6.45, 7) is 7.39. The van der Waals surface area contributed by atoms with Gasteiger partial charge in [0.15, 0.2) is 0 Å². The van der Waals surface area contributed by atoms with Crippen molar-refractivity contribution in [3.8, 4) is 0 Å². The Kier molecular flexibility index (Phi) is 6.68. The zero-order valence-corrected chi connectivity index (χ0v) is 18.3. The number of hydrogen-bond acceptors (Lipinski definition) is 4. The highest BCUT2D eigenvalue weighted by molar-refractivity contribution is 9.10. The molecule has 1 aliphatic heterocycles. The van der Waals surface area contributed by atoms with E-state index in [1.54, 1.807) is 16.4 Å². The van der Waals surface area contributed by atoms with E-state index in [1.165, 1.54) is 0 Å². The summed E-state index contributed by atoms with van der Waals surface area (Å²) in [6, 6.07) is 11.5. The van der Waals surface area contributed by atoms with E-state index in [-0.39, 0.29) is 0 Å². The van der Waals surface area contributed by atoms with Crippen LogP contribution in [-0.4, -0.2) is 48.8 Å². The van der Waals surface area contributed by atoms with Crippen LogP contribution in [0.15, 0.2) is 45.8 Å². The summed E-state index contributed by atoms with van der Waals surface area (Å²) in [4.78, 5) is 7.29. The standard InChI is InChI=1S/C20H26BrN3O2S/c1-3-17-14-18(21)8-9-20(17)27(25,26)24-11-5-10-23(12-13-24)15-19-7-4-6-16(2)22-19/h4,6-9,14H,3,5,10-13,15H2,1-2H3. The van der Waals surface area contributed by atoms with E-state index in [0.29, 0.717) is 31.0 Å². The zero-order chi connectivity index (χ0) is 19.4. The van der Waals surface area contributed by atoms with Crippen LogP contribution in [0.2, 0.25) is 0 Å². The summed E-state index contributed by atoms with van der Waals surface area (Å²) in [5.41, 5.74) is 2.90. The largest absolute Gasteiger partial charge is 0.296 e. The molecule has 0 N–H and O–H groups in total. The van der Waals surface area contributed by atoms with Gasteiger partial charge in [0, 0.05) is 36.3 Å². The number of sulfonamides is 1. The maximum absolute atomic E-state index is 13.2. The lowest BCUT2D eigenvalue weighted by molar-refractivity contribution is 0.275. The van der Waals surface area contributed by atoms with E-state index in [4.69, 9.17) is 0 Å². The van der Waals surface area contributed by atoms with Gasteiger partial charge in [0.2, 0.25) is 10.0 Å². The van der Waals surface area contributed by atoms with Crippen molar-refractivity contribution in [2.75, 3.05) is 26.2 Å². The van der Waals surface area contributed by atoms with Gasteiger partial charge in [-0.15, -0.1) is 0 Å². The molecule has 2 aromatic rings. The number of halogens is 1. The van der Waals surface area contributed by atoms with E-state index in [2.05, 4.69) is 25.8 Å². The third-order valence-corrected chi connectivity index (χ3v) is 7.39. The van der Waals surface area contributed by atoms with Gasteiger partial charge in [-0.3, -0.25) is 9.88 Å². The quantitative estimate of drug-likeness (QED) is 0.696. The van der Waals surface area contributed by atoms with Crippen LogP contribution in [0.4, 0.5) is 0 Å². The van der Waals surface area contributed by atoms with Crippen molar-refractivity contribution in [3.63, 3.8) is 0 Å². The van der Waals surface area contributed by atoms with Gasteiger partial charge in [0.05, 0.1) is 10.6 Å². The molecule has 1 aromatic carbocycles. The van der Waals surface area contributed by atoms with Crippen molar-refractivity contribution < 1.29 is 8.42 Å². The second-order valence-corrected chi connectivity index (χ2v) is 9.73. The molecule has 0 spiro atoms. The lowest BCUT2D eigenvalue weighted by Gasteiger charge is -2.22. The number of nitrogens with zero attached hydrogens (tertiary/aromatic N) is 3. The van der Waals surface area contributed by atoms with E-state index in [1.807, 2.05) is 38.1 Å². The number of rotatable bonds is 5. The van der Waals surface area contributed by atoms with Crippen LogP contribution in [0.1, 0.15) is 30.3 Å².